The van der Waals surface area contributed by atoms with E-state index in [4.69, 9.17) is 0 Å². The van der Waals surface area contributed by atoms with E-state index in [1.54, 1.807) is 6.20 Å². The summed E-state index contributed by atoms with van der Waals surface area (Å²) in [5.41, 5.74) is 0.787. The van der Waals surface area contributed by atoms with Crippen molar-refractivity contribution in [1.29, 1.82) is 0 Å². The summed E-state index contributed by atoms with van der Waals surface area (Å²) < 4.78 is 28.8. The molecule has 0 spiro atoms. The summed E-state index contributed by atoms with van der Waals surface area (Å²) in [6.07, 6.45) is 5.69. The molecule has 0 aliphatic carbocycles. The van der Waals surface area contributed by atoms with Gasteiger partial charge in [-0.3, -0.25) is 4.79 Å². The average molecular weight is 405 g/mol. The molecule has 1 fully saturated rings. The SMILES string of the molecule is Cc1nccn1CCCNC(=O)C1CCN(S(=O)(=O)Cc2ccccc2)CC1. The van der Waals surface area contributed by atoms with Crippen LogP contribution in [0.15, 0.2) is 42.7 Å². The molecule has 1 saturated heterocycles. The minimum absolute atomic E-state index is 0.0123. The van der Waals surface area contributed by atoms with Crippen LogP contribution in [0.25, 0.3) is 0 Å². The molecule has 2 aromatic rings. The summed E-state index contributed by atoms with van der Waals surface area (Å²) in [6, 6.07) is 9.20. The first-order chi connectivity index (χ1) is 13.5. The molecule has 0 bridgehead atoms. The number of rotatable bonds is 8. The van der Waals surface area contributed by atoms with Gasteiger partial charge in [-0.1, -0.05) is 30.3 Å². The van der Waals surface area contributed by atoms with Crippen molar-refractivity contribution in [2.24, 2.45) is 5.92 Å². The number of nitrogens with one attached hydrogen (secondary N) is 1. The Hall–Kier alpha value is -2.19. The predicted molar refractivity (Wildman–Crippen MR) is 108 cm³/mol. The standard InChI is InChI=1S/C20H28N4O3S/c1-17-21-11-15-23(17)12-5-10-22-20(25)19-8-13-24(14-9-19)28(26,27)16-18-6-3-2-4-7-18/h2-4,6-7,11,15,19H,5,8-10,12-14,16H2,1H3,(H,22,25). The van der Waals surface area contributed by atoms with Crippen LogP contribution in [0.3, 0.4) is 0 Å². The first kappa shape index (κ1) is 20.5. The second kappa shape index (κ2) is 9.34. The van der Waals surface area contributed by atoms with Gasteiger partial charge in [0.2, 0.25) is 15.9 Å². The van der Waals surface area contributed by atoms with E-state index in [0.29, 0.717) is 32.5 Å². The number of hydrogen-bond donors (Lipinski definition) is 1. The summed E-state index contributed by atoms with van der Waals surface area (Å²) in [5.74, 6) is 0.897. The molecular formula is C20H28N4O3S. The zero-order valence-electron chi connectivity index (χ0n) is 16.3. The Morgan fingerprint density at radius 1 is 1.21 bits per heavy atom. The summed E-state index contributed by atoms with van der Waals surface area (Å²) in [7, 11) is -3.34. The van der Waals surface area contributed by atoms with E-state index in [1.807, 2.05) is 43.5 Å². The fraction of sp³-hybridized carbons (Fsp3) is 0.500. The fourth-order valence-electron chi connectivity index (χ4n) is 3.52. The van der Waals surface area contributed by atoms with Crippen LogP contribution in [0.2, 0.25) is 0 Å². The van der Waals surface area contributed by atoms with Crippen LogP contribution in [0.5, 0.6) is 0 Å². The second-order valence-corrected chi connectivity index (χ2v) is 9.20. The lowest BCUT2D eigenvalue weighted by molar-refractivity contribution is -0.126. The Balaban J connectivity index is 1.40. The predicted octanol–water partition coefficient (Wildman–Crippen LogP) is 1.94. The van der Waals surface area contributed by atoms with Crippen LogP contribution in [-0.4, -0.2) is 47.8 Å². The number of benzene rings is 1. The van der Waals surface area contributed by atoms with Crippen LogP contribution in [0.4, 0.5) is 0 Å². The molecule has 0 unspecified atom stereocenters. The Morgan fingerprint density at radius 3 is 2.57 bits per heavy atom. The topological polar surface area (TPSA) is 84.3 Å². The zero-order valence-corrected chi connectivity index (χ0v) is 17.1. The maximum absolute atomic E-state index is 12.6. The lowest BCUT2D eigenvalue weighted by Gasteiger charge is -2.30. The van der Waals surface area contributed by atoms with E-state index in [2.05, 4.69) is 14.9 Å². The molecule has 2 heterocycles. The van der Waals surface area contributed by atoms with E-state index < -0.39 is 10.0 Å². The zero-order chi connectivity index (χ0) is 20.0. The van der Waals surface area contributed by atoms with Crippen molar-refractivity contribution >= 4 is 15.9 Å². The van der Waals surface area contributed by atoms with Gasteiger partial charge in [0.25, 0.3) is 0 Å². The molecule has 28 heavy (non-hydrogen) atoms. The number of aryl methyl sites for hydroxylation is 2. The number of aromatic nitrogens is 2. The summed E-state index contributed by atoms with van der Waals surface area (Å²) in [6.45, 7) is 4.20. The lowest BCUT2D eigenvalue weighted by atomic mass is 9.97. The van der Waals surface area contributed by atoms with Crippen molar-refractivity contribution in [3.05, 3.63) is 54.1 Å². The van der Waals surface area contributed by atoms with Crippen molar-refractivity contribution in [3.63, 3.8) is 0 Å². The van der Waals surface area contributed by atoms with E-state index >= 15 is 0 Å². The van der Waals surface area contributed by atoms with Crippen molar-refractivity contribution in [3.8, 4) is 0 Å². The van der Waals surface area contributed by atoms with Gasteiger partial charge < -0.3 is 9.88 Å². The summed E-state index contributed by atoms with van der Waals surface area (Å²) in [4.78, 5) is 16.6. The third-order valence-electron chi connectivity index (χ3n) is 5.21. The second-order valence-electron chi connectivity index (χ2n) is 7.23. The highest BCUT2D eigenvalue weighted by atomic mass is 32.2. The quantitative estimate of drug-likeness (QED) is 0.682. The fourth-order valence-corrected chi connectivity index (χ4v) is 5.08. The van der Waals surface area contributed by atoms with Gasteiger partial charge in [0.15, 0.2) is 0 Å². The number of amides is 1. The van der Waals surface area contributed by atoms with Gasteiger partial charge in [-0.05, 0) is 31.7 Å². The third-order valence-corrected chi connectivity index (χ3v) is 7.06. The molecule has 0 atom stereocenters. The molecule has 1 aliphatic heterocycles. The lowest BCUT2D eigenvalue weighted by Crippen LogP contribution is -2.43. The number of piperidine rings is 1. The average Bonchev–Trinajstić information content (AvgIpc) is 3.10. The smallest absolute Gasteiger partial charge is 0.223 e. The Morgan fingerprint density at radius 2 is 1.93 bits per heavy atom. The van der Waals surface area contributed by atoms with E-state index in [0.717, 1.165) is 24.4 Å². The molecule has 0 saturated carbocycles. The van der Waals surface area contributed by atoms with Crippen molar-refractivity contribution in [2.45, 2.75) is 38.5 Å². The van der Waals surface area contributed by atoms with Gasteiger partial charge in [0.1, 0.15) is 5.82 Å². The largest absolute Gasteiger partial charge is 0.356 e. The number of sulfonamides is 1. The summed E-state index contributed by atoms with van der Waals surface area (Å²) >= 11 is 0. The first-order valence-electron chi connectivity index (χ1n) is 9.73. The van der Waals surface area contributed by atoms with E-state index in [1.165, 1.54) is 4.31 Å². The van der Waals surface area contributed by atoms with Gasteiger partial charge in [0, 0.05) is 44.5 Å². The van der Waals surface area contributed by atoms with Crippen molar-refractivity contribution in [2.75, 3.05) is 19.6 Å². The van der Waals surface area contributed by atoms with Crippen LogP contribution in [0.1, 0.15) is 30.7 Å². The third kappa shape index (κ3) is 5.42. The Kier molecular flexibility index (Phi) is 6.85. The molecule has 1 N–H and O–H groups in total. The van der Waals surface area contributed by atoms with Crippen LogP contribution in [0, 0.1) is 12.8 Å². The van der Waals surface area contributed by atoms with Crippen LogP contribution < -0.4 is 5.32 Å². The van der Waals surface area contributed by atoms with Crippen molar-refractivity contribution in [1.82, 2.24) is 19.2 Å². The van der Waals surface area contributed by atoms with Gasteiger partial charge in [0.05, 0.1) is 5.75 Å². The number of carbonyl (C=O) groups excluding carboxylic acids is 1. The Labute approximate surface area is 166 Å². The molecule has 0 radical (unpaired) electrons. The number of carbonyl (C=O) groups is 1. The molecular weight excluding hydrogens is 376 g/mol. The van der Waals surface area contributed by atoms with Crippen LogP contribution in [-0.2, 0) is 27.1 Å². The Bertz CT molecular complexity index is 872. The molecule has 1 aromatic carbocycles. The minimum atomic E-state index is -3.34. The molecule has 1 amide bonds. The maximum atomic E-state index is 12.6. The normalized spacial score (nSPS) is 16.2. The van der Waals surface area contributed by atoms with Gasteiger partial charge in [-0.2, -0.15) is 0 Å². The molecule has 1 aromatic heterocycles. The van der Waals surface area contributed by atoms with Gasteiger partial charge in [-0.15, -0.1) is 0 Å². The maximum Gasteiger partial charge on any atom is 0.223 e. The van der Waals surface area contributed by atoms with Gasteiger partial charge in [-0.25, -0.2) is 17.7 Å². The number of nitrogens with zero attached hydrogens (tertiary/aromatic N) is 3. The monoisotopic (exact) mass is 404 g/mol. The van der Waals surface area contributed by atoms with E-state index in [-0.39, 0.29) is 17.6 Å². The molecule has 7 nitrogen and oxygen atoms in total. The van der Waals surface area contributed by atoms with Gasteiger partial charge >= 0.3 is 0 Å². The highest BCUT2D eigenvalue weighted by molar-refractivity contribution is 7.88. The molecule has 1 aliphatic rings. The minimum Gasteiger partial charge on any atom is -0.356 e. The highest BCUT2D eigenvalue weighted by Gasteiger charge is 2.30. The van der Waals surface area contributed by atoms with E-state index in [9.17, 15) is 13.2 Å². The molecule has 3 rings (SSSR count). The highest BCUT2D eigenvalue weighted by Crippen LogP contribution is 2.21. The summed E-state index contributed by atoms with van der Waals surface area (Å²) in [5, 5.41) is 2.99. The molecule has 152 valence electrons. The first-order valence-corrected chi connectivity index (χ1v) is 11.3. The molecule has 8 heteroatoms. The number of hydrogen-bond acceptors (Lipinski definition) is 4. The number of imidazole rings is 1. The van der Waals surface area contributed by atoms with Crippen LogP contribution >= 0.6 is 0 Å². The van der Waals surface area contributed by atoms with Crippen molar-refractivity contribution < 1.29 is 13.2 Å².